The largest absolute Gasteiger partial charge is 0.367 e. The molecule has 0 aromatic rings. The van der Waals surface area contributed by atoms with Crippen LogP contribution in [0, 0.1) is 5.41 Å². The third-order valence-corrected chi connectivity index (χ3v) is 3.08. The van der Waals surface area contributed by atoms with Gasteiger partial charge in [0.05, 0.1) is 12.0 Å². The van der Waals surface area contributed by atoms with Crippen molar-refractivity contribution in [2.75, 3.05) is 27.2 Å². The van der Waals surface area contributed by atoms with E-state index in [1.54, 1.807) is 5.06 Å². The Balaban J connectivity index is 2.54. The van der Waals surface area contributed by atoms with Crippen LogP contribution < -0.4 is 5.73 Å². The fourth-order valence-electron chi connectivity index (χ4n) is 1.80. The summed E-state index contributed by atoms with van der Waals surface area (Å²) in [5.74, 6) is -0.189. The second-order valence-electron chi connectivity index (χ2n) is 6.00. The topological polar surface area (TPSA) is 58.8 Å². The zero-order valence-electron chi connectivity index (χ0n) is 11.6. The van der Waals surface area contributed by atoms with Crippen molar-refractivity contribution in [2.24, 2.45) is 11.1 Å². The number of nitrogens with two attached hydrogens (primary N) is 1. The summed E-state index contributed by atoms with van der Waals surface area (Å²) in [5.41, 5.74) is 5.58. The lowest BCUT2D eigenvalue weighted by molar-refractivity contribution is -0.208. The number of piperidine rings is 1. The van der Waals surface area contributed by atoms with Gasteiger partial charge in [-0.05, 0) is 41.3 Å². The lowest BCUT2D eigenvalue weighted by Gasteiger charge is -2.39. The first-order valence-electron chi connectivity index (χ1n) is 6.11. The lowest BCUT2D eigenvalue weighted by atomic mass is 9.97. The average Bonchev–Trinajstić information content (AvgIpc) is 2.19. The first kappa shape index (κ1) is 14.4. The maximum atomic E-state index is 11.8. The van der Waals surface area contributed by atoms with E-state index in [0.717, 1.165) is 6.42 Å². The van der Waals surface area contributed by atoms with Crippen molar-refractivity contribution in [1.82, 2.24) is 9.96 Å². The number of rotatable bonds is 2. The smallest absolute Gasteiger partial charge is 0.330 e. The first-order valence-corrected chi connectivity index (χ1v) is 6.11. The van der Waals surface area contributed by atoms with E-state index < -0.39 is 5.41 Å². The highest BCUT2D eigenvalue weighted by Crippen LogP contribution is 2.19. The molecule has 0 amide bonds. The van der Waals surface area contributed by atoms with Gasteiger partial charge in [0.25, 0.3) is 0 Å². The Morgan fingerprint density at radius 3 is 2.47 bits per heavy atom. The Kier molecular flexibility index (Phi) is 4.52. The Bertz CT molecular complexity index is 273. The molecule has 1 rings (SSSR count). The van der Waals surface area contributed by atoms with Crippen LogP contribution in [-0.2, 0) is 9.63 Å². The average molecular weight is 243 g/mol. The molecule has 0 spiro atoms. The molecule has 2 N–H and O–H groups in total. The van der Waals surface area contributed by atoms with Crippen LogP contribution in [0.25, 0.3) is 0 Å². The van der Waals surface area contributed by atoms with Gasteiger partial charge >= 0.3 is 5.97 Å². The van der Waals surface area contributed by atoms with Crippen LogP contribution in [0.5, 0.6) is 0 Å². The highest BCUT2D eigenvalue weighted by molar-refractivity contribution is 5.75. The minimum Gasteiger partial charge on any atom is -0.367 e. The number of carbonyl (C=O) groups excluding carboxylic acids is 1. The van der Waals surface area contributed by atoms with E-state index in [4.69, 9.17) is 10.6 Å². The van der Waals surface area contributed by atoms with E-state index in [2.05, 4.69) is 4.90 Å². The van der Waals surface area contributed by atoms with Gasteiger partial charge in [0.1, 0.15) is 0 Å². The third kappa shape index (κ3) is 3.94. The van der Waals surface area contributed by atoms with Crippen LogP contribution in [0.15, 0.2) is 0 Å². The Labute approximate surface area is 104 Å². The van der Waals surface area contributed by atoms with Gasteiger partial charge in [0.2, 0.25) is 0 Å². The molecule has 2 atom stereocenters. The molecular weight excluding hydrogens is 218 g/mol. The third-order valence-electron chi connectivity index (χ3n) is 3.08. The van der Waals surface area contributed by atoms with Crippen LogP contribution in [0.2, 0.25) is 0 Å². The van der Waals surface area contributed by atoms with Gasteiger partial charge < -0.3 is 15.5 Å². The van der Waals surface area contributed by atoms with Crippen molar-refractivity contribution in [3.63, 3.8) is 0 Å². The van der Waals surface area contributed by atoms with E-state index in [1.165, 1.54) is 0 Å². The van der Waals surface area contributed by atoms with E-state index in [-0.39, 0.29) is 18.1 Å². The summed E-state index contributed by atoms with van der Waals surface area (Å²) < 4.78 is 0. The molecule has 17 heavy (non-hydrogen) atoms. The zero-order chi connectivity index (χ0) is 13.2. The number of hydroxylamine groups is 2. The standard InChI is InChI=1S/C12H25N3O2/c1-12(2,3)11(16)17-15-7-6-9(13)10(8-15)14(4)5/h9-10H,6-8,13H2,1-5H3. The van der Waals surface area contributed by atoms with Gasteiger partial charge in [-0.2, -0.15) is 0 Å². The Hall–Kier alpha value is -0.650. The van der Waals surface area contributed by atoms with E-state index in [0.29, 0.717) is 13.1 Å². The van der Waals surface area contributed by atoms with E-state index >= 15 is 0 Å². The van der Waals surface area contributed by atoms with Crippen molar-refractivity contribution < 1.29 is 9.63 Å². The zero-order valence-corrected chi connectivity index (χ0v) is 11.6. The summed E-state index contributed by atoms with van der Waals surface area (Å²) in [4.78, 5) is 19.3. The molecule has 1 aliphatic heterocycles. The summed E-state index contributed by atoms with van der Waals surface area (Å²) in [6, 6.07) is 0.381. The molecule has 2 unspecified atom stereocenters. The molecule has 1 fully saturated rings. The normalized spacial score (nSPS) is 27.2. The number of carbonyl (C=O) groups is 1. The minimum absolute atomic E-state index is 0.148. The van der Waals surface area contributed by atoms with Crippen LogP contribution in [0.4, 0.5) is 0 Å². The van der Waals surface area contributed by atoms with Gasteiger partial charge in [-0.25, -0.2) is 4.79 Å². The molecule has 5 heteroatoms. The summed E-state index contributed by atoms with van der Waals surface area (Å²) in [7, 11) is 4.00. The fraction of sp³-hybridized carbons (Fsp3) is 0.917. The van der Waals surface area contributed by atoms with Crippen molar-refractivity contribution in [2.45, 2.75) is 39.3 Å². The Morgan fingerprint density at radius 1 is 1.41 bits per heavy atom. The van der Waals surface area contributed by atoms with Crippen molar-refractivity contribution in [3.05, 3.63) is 0 Å². The van der Waals surface area contributed by atoms with Crippen LogP contribution in [0.1, 0.15) is 27.2 Å². The predicted molar refractivity (Wildman–Crippen MR) is 67.2 cm³/mol. The monoisotopic (exact) mass is 243 g/mol. The maximum absolute atomic E-state index is 11.8. The summed E-state index contributed by atoms with van der Waals surface area (Å²) in [5, 5.41) is 1.74. The molecule has 1 aliphatic rings. The fourth-order valence-corrected chi connectivity index (χ4v) is 1.80. The highest BCUT2D eigenvalue weighted by atomic mass is 16.7. The van der Waals surface area contributed by atoms with Crippen LogP contribution >= 0.6 is 0 Å². The maximum Gasteiger partial charge on any atom is 0.330 e. The van der Waals surface area contributed by atoms with Gasteiger partial charge in [0, 0.05) is 18.6 Å². The second-order valence-corrected chi connectivity index (χ2v) is 6.00. The SMILES string of the molecule is CN(C)C1CN(OC(=O)C(C)(C)C)CCC1N. The molecule has 1 saturated heterocycles. The lowest BCUT2D eigenvalue weighted by Crippen LogP contribution is -2.56. The van der Waals surface area contributed by atoms with E-state index in [9.17, 15) is 4.79 Å². The van der Waals surface area contributed by atoms with Gasteiger partial charge in [-0.1, -0.05) is 0 Å². The minimum atomic E-state index is -0.465. The molecule has 1 heterocycles. The summed E-state index contributed by atoms with van der Waals surface area (Å²) >= 11 is 0. The molecule has 0 aromatic heterocycles. The highest BCUT2D eigenvalue weighted by Gasteiger charge is 2.32. The number of hydrogen-bond acceptors (Lipinski definition) is 5. The molecule has 0 aliphatic carbocycles. The summed E-state index contributed by atoms with van der Waals surface area (Å²) in [6.45, 7) is 6.96. The number of nitrogens with zero attached hydrogens (tertiary/aromatic N) is 2. The van der Waals surface area contributed by atoms with Gasteiger partial charge in [-0.15, -0.1) is 5.06 Å². The van der Waals surface area contributed by atoms with Gasteiger partial charge in [0.15, 0.2) is 0 Å². The molecule has 0 bridgehead atoms. The first-order chi connectivity index (χ1) is 7.71. The van der Waals surface area contributed by atoms with Crippen LogP contribution in [-0.4, -0.2) is 55.2 Å². The molecule has 0 radical (unpaired) electrons. The molecule has 0 aromatic carbocycles. The van der Waals surface area contributed by atoms with Crippen LogP contribution in [0.3, 0.4) is 0 Å². The Morgan fingerprint density at radius 2 is 2.00 bits per heavy atom. The van der Waals surface area contributed by atoms with Crippen molar-refractivity contribution >= 4 is 5.97 Å². The van der Waals surface area contributed by atoms with E-state index in [1.807, 2.05) is 34.9 Å². The molecule has 100 valence electrons. The van der Waals surface area contributed by atoms with Gasteiger partial charge in [-0.3, -0.25) is 0 Å². The molecule has 5 nitrogen and oxygen atoms in total. The van der Waals surface area contributed by atoms with Crippen molar-refractivity contribution in [3.8, 4) is 0 Å². The molecule has 0 saturated carbocycles. The predicted octanol–water partition coefficient (Wildman–Crippen LogP) is 0.454. The van der Waals surface area contributed by atoms with Crippen molar-refractivity contribution in [1.29, 1.82) is 0 Å². The quantitative estimate of drug-likeness (QED) is 0.763. The number of likely N-dealkylation sites (N-methyl/N-ethyl adjacent to an activating group) is 1. The second kappa shape index (κ2) is 5.33. The molecular formula is C12H25N3O2. The number of hydrogen-bond donors (Lipinski definition) is 1. The summed E-state index contributed by atoms with van der Waals surface area (Å²) in [6.07, 6.45) is 0.847.